The third-order valence-corrected chi connectivity index (χ3v) is 5.37. The number of amidine groups is 1. The van der Waals surface area contributed by atoms with E-state index in [-0.39, 0.29) is 5.84 Å². The van der Waals surface area contributed by atoms with Crippen LogP contribution < -0.4 is 5.73 Å². The number of pyridine rings is 1. The Bertz CT molecular complexity index is 668. The normalized spacial score (nSPS) is 22.3. The van der Waals surface area contributed by atoms with Crippen molar-refractivity contribution in [2.24, 2.45) is 11.7 Å². The van der Waals surface area contributed by atoms with Crippen molar-refractivity contribution in [3.8, 4) is 0 Å². The number of para-hydroxylation sites is 1. The highest BCUT2D eigenvalue weighted by atomic mass is 32.2. The summed E-state index contributed by atoms with van der Waals surface area (Å²) >= 11 is 1.85. The third-order valence-electron chi connectivity index (χ3n) is 4.16. The molecule has 2 atom stereocenters. The highest BCUT2D eigenvalue weighted by Crippen LogP contribution is 2.36. The molecular formula is C17H21N3S. The zero-order chi connectivity index (χ0) is 14.8. The highest BCUT2D eigenvalue weighted by molar-refractivity contribution is 7.99. The molecule has 2 aromatic rings. The SMILES string of the molecule is CC1CCCC(Sc2cc(C(=N)N)c3ccccc3n2)C1. The predicted octanol–water partition coefficient (Wildman–Crippen LogP) is 4.19. The minimum absolute atomic E-state index is 0.118. The molecule has 3 rings (SSSR count). The molecule has 0 radical (unpaired) electrons. The molecule has 0 amide bonds. The van der Waals surface area contributed by atoms with Gasteiger partial charge in [-0.05, 0) is 30.9 Å². The molecule has 3 N–H and O–H groups in total. The van der Waals surface area contributed by atoms with Crippen LogP contribution in [-0.4, -0.2) is 16.1 Å². The van der Waals surface area contributed by atoms with E-state index >= 15 is 0 Å². The average molecular weight is 299 g/mol. The second kappa shape index (κ2) is 6.06. The van der Waals surface area contributed by atoms with Gasteiger partial charge in [-0.1, -0.05) is 38.0 Å². The van der Waals surface area contributed by atoms with E-state index in [1.54, 1.807) is 0 Å². The van der Waals surface area contributed by atoms with Gasteiger partial charge in [-0.3, -0.25) is 5.41 Å². The highest BCUT2D eigenvalue weighted by Gasteiger charge is 2.21. The fourth-order valence-electron chi connectivity index (χ4n) is 3.09. The first-order valence-corrected chi connectivity index (χ1v) is 8.42. The number of aromatic nitrogens is 1. The molecule has 1 saturated carbocycles. The number of hydrogen-bond donors (Lipinski definition) is 2. The fourth-order valence-corrected chi connectivity index (χ4v) is 4.48. The average Bonchev–Trinajstić information content (AvgIpc) is 2.46. The number of nitrogens with zero attached hydrogens (tertiary/aromatic N) is 1. The second-order valence-electron chi connectivity index (χ2n) is 5.95. The number of nitrogen functional groups attached to an aromatic ring is 1. The Hall–Kier alpha value is -1.55. The van der Waals surface area contributed by atoms with Gasteiger partial charge in [0.15, 0.2) is 0 Å². The van der Waals surface area contributed by atoms with E-state index in [4.69, 9.17) is 16.1 Å². The van der Waals surface area contributed by atoms with E-state index in [0.717, 1.165) is 27.4 Å². The third kappa shape index (κ3) is 3.21. The smallest absolute Gasteiger partial charge is 0.123 e. The minimum atomic E-state index is 0.118. The van der Waals surface area contributed by atoms with Crippen LogP contribution in [0.4, 0.5) is 0 Å². The Morgan fingerprint density at radius 2 is 2.14 bits per heavy atom. The van der Waals surface area contributed by atoms with E-state index < -0.39 is 0 Å². The molecule has 1 aliphatic carbocycles. The van der Waals surface area contributed by atoms with Crippen LogP contribution in [0.2, 0.25) is 0 Å². The van der Waals surface area contributed by atoms with E-state index in [9.17, 15) is 0 Å². The topological polar surface area (TPSA) is 62.8 Å². The molecule has 0 bridgehead atoms. The maximum Gasteiger partial charge on any atom is 0.123 e. The van der Waals surface area contributed by atoms with Crippen molar-refractivity contribution in [3.63, 3.8) is 0 Å². The van der Waals surface area contributed by atoms with Gasteiger partial charge in [-0.2, -0.15) is 0 Å². The maximum absolute atomic E-state index is 7.81. The van der Waals surface area contributed by atoms with Crippen molar-refractivity contribution >= 4 is 28.5 Å². The molecule has 1 aromatic heterocycles. The van der Waals surface area contributed by atoms with Gasteiger partial charge in [0.25, 0.3) is 0 Å². The van der Waals surface area contributed by atoms with Gasteiger partial charge in [0.1, 0.15) is 5.84 Å². The maximum atomic E-state index is 7.81. The molecule has 0 spiro atoms. The lowest BCUT2D eigenvalue weighted by Gasteiger charge is -2.26. The van der Waals surface area contributed by atoms with Gasteiger partial charge < -0.3 is 5.73 Å². The predicted molar refractivity (Wildman–Crippen MR) is 90.0 cm³/mol. The molecule has 21 heavy (non-hydrogen) atoms. The Morgan fingerprint density at radius 3 is 2.90 bits per heavy atom. The van der Waals surface area contributed by atoms with Gasteiger partial charge in [-0.15, -0.1) is 11.8 Å². The number of nitrogens with two attached hydrogens (primary N) is 1. The van der Waals surface area contributed by atoms with Crippen molar-refractivity contribution in [1.29, 1.82) is 5.41 Å². The molecule has 0 saturated heterocycles. The summed E-state index contributed by atoms with van der Waals surface area (Å²) in [5.74, 6) is 0.927. The fraction of sp³-hybridized carbons (Fsp3) is 0.412. The Morgan fingerprint density at radius 1 is 1.33 bits per heavy atom. The number of benzene rings is 1. The van der Waals surface area contributed by atoms with Crippen LogP contribution in [0, 0.1) is 11.3 Å². The van der Waals surface area contributed by atoms with Crippen LogP contribution >= 0.6 is 11.8 Å². The Balaban J connectivity index is 1.93. The molecule has 1 aromatic carbocycles. The Kier molecular flexibility index (Phi) is 4.15. The molecule has 1 aliphatic rings. The van der Waals surface area contributed by atoms with Crippen molar-refractivity contribution in [1.82, 2.24) is 4.98 Å². The quantitative estimate of drug-likeness (QED) is 0.660. The summed E-state index contributed by atoms with van der Waals surface area (Å²) in [6, 6.07) is 9.91. The van der Waals surface area contributed by atoms with E-state index in [2.05, 4.69) is 6.92 Å². The molecule has 1 heterocycles. The van der Waals surface area contributed by atoms with Gasteiger partial charge >= 0.3 is 0 Å². The number of fused-ring (bicyclic) bond motifs is 1. The van der Waals surface area contributed by atoms with E-state index in [0.29, 0.717) is 5.25 Å². The zero-order valence-corrected chi connectivity index (χ0v) is 13.1. The van der Waals surface area contributed by atoms with Crippen LogP contribution in [0.15, 0.2) is 35.4 Å². The van der Waals surface area contributed by atoms with Gasteiger partial charge in [-0.25, -0.2) is 4.98 Å². The van der Waals surface area contributed by atoms with Crippen molar-refractivity contribution in [2.75, 3.05) is 0 Å². The van der Waals surface area contributed by atoms with Crippen LogP contribution in [0.5, 0.6) is 0 Å². The van der Waals surface area contributed by atoms with Gasteiger partial charge in [0.2, 0.25) is 0 Å². The molecular weight excluding hydrogens is 278 g/mol. The molecule has 3 nitrogen and oxygen atoms in total. The summed E-state index contributed by atoms with van der Waals surface area (Å²) in [6.07, 6.45) is 5.18. The second-order valence-corrected chi connectivity index (χ2v) is 7.27. The number of thioether (sulfide) groups is 1. The van der Waals surface area contributed by atoms with Crippen LogP contribution in [0.25, 0.3) is 10.9 Å². The minimum Gasteiger partial charge on any atom is -0.384 e. The number of hydrogen-bond acceptors (Lipinski definition) is 3. The number of rotatable bonds is 3. The van der Waals surface area contributed by atoms with Crippen molar-refractivity contribution in [2.45, 2.75) is 42.9 Å². The zero-order valence-electron chi connectivity index (χ0n) is 12.3. The van der Waals surface area contributed by atoms with E-state index in [1.807, 2.05) is 42.1 Å². The molecule has 110 valence electrons. The molecule has 1 fully saturated rings. The lowest BCUT2D eigenvalue weighted by molar-refractivity contribution is 0.394. The lowest BCUT2D eigenvalue weighted by Crippen LogP contribution is -2.16. The molecule has 2 unspecified atom stereocenters. The van der Waals surface area contributed by atoms with Crippen molar-refractivity contribution < 1.29 is 0 Å². The summed E-state index contributed by atoms with van der Waals surface area (Å²) < 4.78 is 0. The number of nitrogens with one attached hydrogen (secondary N) is 1. The lowest BCUT2D eigenvalue weighted by atomic mass is 9.91. The van der Waals surface area contributed by atoms with Crippen molar-refractivity contribution in [3.05, 3.63) is 35.9 Å². The first-order chi connectivity index (χ1) is 10.1. The van der Waals surface area contributed by atoms with Crippen LogP contribution in [0.3, 0.4) is 0 Å². The monoisotopic (exact) mass is 299 g/mol. The summed E-state index contributed by atoms with van der Waals surface area (Å²) in [5, 5.41) is 10.4. The molecule has 0 aliphatic heterocycles. The first kappa shape index (κ1) is 14.4. The largest absolute Gasteiger partial charge is 0.384 e. The van der Waals surface area contributed by atoms with E-state index in [1.165, 1.54) is 25.7 Å². The summed E-state index contributed by atoms with van der Waals surface area (Å²) in [6.45, 7) is 2.33. The standard InChI is InChI=1S/C17H21N3S/c1-11-5-4-6-12(9-11)21-16-10-14(17(18)19)13-7-2-3-8-15(13)20-16/h2-3,7-8,10-12H,4-6,9H2,1H3,(H3,18,19). The summed E-state index contributed by atoms with van der Waals surface area (Å²) in [4.78, 5) is 4.75. The van der Waals surface area contributed by atoms with Crippen LogP contribution in [-0.2, 0) is 0 Å². The summed E-state index contributed by atoms with van der Waals surface area (Å²) in [7, 11) is 0. The van der Waals surface area contributed by atoms with Gasteiger partial charge in [0, 0.05) is 16.2 Å². The van der Waals surface area contributed by atoms with Crippen LogP contribution in [0.1, 0.15) is 38.2 Å². The Labute approximate surface area is 129 Å². The summed E-state index contributed by atoms with van der Waals surface area (Å²) in [5.41, 5.74) is 7.48. The van der Waals surface area contributed by atoms with Gasteiger partial charge in [0.05, 0.1) is 10.5 Å². The molecule has 4 heteroatoms. The first-order valence-electron chi connectivity index (χ1n) is 7.54.